The Kier molecular flexibility index (Phi) is 8.99. The van der Waals surface area contributed by atoms with Crippen molar-refractivity contribution in [1.29, 1.82) is 0 Å². The molecule has 0 radical (unpaired) electrons. The fraction of sp³-hybridized carbons (Fsp3) is 0.615. The first-order valence-corrected chi connectivity index (χ1v) is 14.6. The van der Waals surface area contributed by atoms with Crippen molar-refractivity contribution in [3.05, 3.63) is 33.9 Å². The smallest absolute Gasteiger partial charge is 0.342 e. The molecule has 0 fully saturated rings. The summed E-state index contributed by atoms with van der Waals surface area (Å²) in [6, 6.07) is 0. The fourth-order valence-corrected chi connectivity index (χ4v) is 4.77. The number of allylic oxidation sites excluding steroid dienone is 1. The molecule has 1 aliphatic heterocycles. The minimum Gasteiger partial charge on any atom is -0.543 e. The lowest BCUT2D eigenvalue weighted by atomic mass is 9.94. The maximum absolute atomic E-state index is 12.8. The molecule has 1 aromatic carbocycles. The highest BCUT2D eigenvalue weighted by Crippen LogP contribution is 2.46. The molecule has 2 rings (SSSR count). The van der Waals surface area contributed by atoms with Crippen LogP contribution in [0.3, 0.4) is 0 Å². The zero-order valence-corrected chi connectivity index (χ0v) is 23.3. The third kappa shape index (κ3) is 5.83. The Bertz CT molecular complexity index is 957. The third-order valence-corrected chi connectivity index (χ3v) is 11.2. The Morgan fingerprint density at radius 2 is 1.85 bits per heavy atom. The van der Waals surface area contributed by atoms with Gasteiger partial charge in [0.2, 0.25) is 0 Å². The van der Waals surface area contributed by atoms with Crippen LogP contribution in [0.5, 0.6) is 11.5 Å². The Labute approximate surface area is 204 Å². The second kappa shape index (κ2) is 10.9. The summed E-state index contributed by atoms with van der Waals surface area (Å²) in [4.78, 5) is 24.8. The van der Waals surface area contributed by atoms with Crippen LogP contribution in [-0.2, 0) is 32.0 Å². The number of cyclic esters (lactones) is 1. The van der Waals surface area contributed by atoms with Crippen LogP contribution in [0.15, 0.2) is 11.6 Å². The average molecular weight is 493 g/mol. The molecule has 1 atom stereocenters. The molecule has 0 aliphatic carbocycles. The molecule has 1 heterocycles. The first kappa shape index (κ1) is 27.9. The van der Waals surface area contributed by atoms with E-state index >= 15 is 0 Å². The van der Waals surface area contributed by atoms with Gasteiger partial charge in [-0.3, -0.25) is 4.79 Å². The van der Waals surface area contributed by atoms with Gasteiger partial charge in [0.1, 0.15) is 23.7 Å². The molecule has 34 heavy (non-hydrogen) atoms. The van der Waals surface area contributed by atoms with Crippen LogP contribution in [-0.4, -0.2) is 47.2 Å². The zero-order chi connectivity index (χ0) is 25.8. The quantitative estimate of drug-likeness (QED) is 0.242. The first-order chi connectivity index (χ1) is 15.8. The summed E-state index contributed by atoms with van der Waals surface area (Å²) >= 11 is 0. The summed E-state index contributed by atoms with van der Waals surface area (Å²) in [6.07, 6.45) is 2.17. The molecule has 8 heteroatoms. The van der Waals surface area contributed by atoms with Gasteiger partial charge in [0, 0.05) is 18.2 Å². The number of benzene rings is 1. The molecule has 0 bridgehead atoms. The van der Waals surface area contributed by atoms with Gasteiger partial charge in [0.05, 0.1) is 26.2 Å². The van der Waals surface area contributed by atoms with Crippen molar-refractivity contribution in [2.75, 3.05) is 20.8 Å². The lowest BCUT2D eigenvalue weighted by Crippen LogP contribution is -2.44. The van der Waals surface area contributed by atoms with E-state index in [1.807, 2.05) is 19.9 Å². The van der Waals surface area contributed by atoms with Crippen molar-refractivity contribution in [1.82, 2.24) is 0 Å². The second-order valence-corrected chi connectivity index (χ2v) is 14.9. The molecule has 0 amide bonds. The van der Waals surface area contributed by atoms with E-state index < -0.39 is 14.4 Å². The van der Waals surface area contributed by atoms with E-state index in [2.05, 4.69) is 33.9 Å². The molecule has 0 N–H and O–H groups in total. The Morgan fingerprint density at radius 3 is 2.38 bits per heavy atom. The van der Waals surface area contributed by atoms with Gasteiger partial charge in [-0.15, -0.1) is 0 Å². The molecule has 0 aromatic heterocycles. The van der Waals surface area contributed by atoms with Crippen LogP contribution >= 0.6 is 0 Å². The Hall–Kier alpha value is -2.32. The predicted octanol–water partition coefficient (Wildman–Crippen LogP) is 5.52. The molecule has 190 valence electrons. The highest BCUT2D eigenvalue weighted by molar-refractivity contribution is 6.74. The van der Waals surface area contributed by atoms with E-state index in [9.17, 15) is 9.59 Å². The maximum Gasteiger partial charge on any atom is 0.342 e. The molecule has 1 aliphatic rings. The van der Waals surface area contributed by atoms with Gasteiger partial charge >= 0.3 is 11.9 Å². The summed E-state index contributed by atoms with van der Waals surface area (Å²) in [5, 5.41) is -0.0652. The van der Waals surface area contributed by atoms with Crippen molar-refractivity contribution in [3.8, 4) is 11.5 Å². The van der Waals surface area contributed by atoms with Gasteiger partial charge in [-0.1, -0.05) is 26.8 Å². The largest absolute Gasteiger partial charge is 0.543 e. The van der Waals surface area contributed by atoms with Crippen LogP contribution in [0.4, 0.5) is 0 Å². The Balaban J connectivity index is 2.59. The second-order valence-electron chi connectivity index (χ2n) is 10.1. The van der Waals surface area contributed by atoms with Crippen LogP contribution in [0, 0.1) is 6.92 Å². The topological polar surface area (TPSA) is 80.3 Å². The van der Waals surface area contributed by atoms with E-state index in [-0.39, 0.29) is 30.0 Å². The number of methoxy groups -OCH3 is 2. The molecule has 0 spiro atoms. The monoisotopic (exact) mass is 492 g/mol. The van der Waals surface area contributed by atoms with Gasteiger partial charge < -0.3 is 23.4 Å². The summed E-state index contributed by atoms with van der Waals surface area (Å²) in [6.45, 7) is 17.0. The third-order valence-electron chi connectivity index (χ3n) is 6.87. The lowest BCUT2D eigenvalue weighted by molar-refractivity contribution is -0.145. The van der Waals surface area contributed by atoms with Gasteiger partial charge in [0.15, 0.2) is 0 Å². The molecule has 1 unspecified atom stereocenters. The lowest BCUT2D eigenvalue weighted by Gasteiger charge is -2.37. The molecular formula is C26H40O7Si. The van der Waals surface area contributed by atoms with Crippen molar-refractivity contribution in [2.45, 2.75) is 85.2 Å². The highest BCUT2D eigenvalue weighted by atomic mass is 28.4. The van der Waals surface area contributed by atoms with Crippen LogP contribution in [0.25, 0.3) is 0 Å². The van der Waals surface area contributed by atoms with Gasteiger partial charge in [-0.2, -0.15) is 0 Å². The zero-order valence-electron chi connectivity index (χ0n) is 22.3. The van der Waals surface area contributed by atoms with E-state index in [0.717, 1.165) is 22.3 Å². The number of carbonyl (C=O) groups is 2. The number of fused-ring (bicyclic) bond motifs is 1. The van der Waals surface area contributed by atoms with Gasteiger partial charge in [0.25, 0.3) is 8.32 Å². The first-order valence-electron chi connectivity index (χ1n) is 11.7. The van der Waals surface area contributed by atoms with Crippen molar-refractivity contribution < 1.29 is 33.0 Å². The number of esters is 2. The van der Waals surface area contributed by atoms with E-state index in [0.29, 0.717) is 30.1 Å². The number of hydrogen-bond acceptors (Lipinski definition) is 7. The van der Waals surface area contributed by atoms with E-state index in [4.69, 9.17) is 23.4 Å². The van der Waals surface area contributed by atoms with Gasteiger partial charge in [-0.25, -0.2) is 4.79 Å². The standard InChI is InChI=1S/C26H40O7Si/c1-11-31-21(27)14-20(29-7)16(2)12-13-18-23(30-8)17(3)19-15-32-25(28)22(19)24(18)33-34(9,10)26(4,5)6/h12,20H,11,13-15H2,1-10H3/b16-12+. The molecular weight excluding hydrogens is 452 g/mol. The predicted molar refractivity (Wildman–Crippen MR) is 134 cm³/mol. The van der Waals surface area contributed by atoms with E-state index in [1.165, 1.54) is 0 Å². The summed E-state index contributed by atoms with van der Waals surface area (Å²) in [5.41, 5.74) is 3.88. The molecule has 1 aromatic rings. The summed E-state index contributed by atoms with van der Waals surface area (Å²) < 4.78 is 28.6. The highest BCUT2D eigenvalue weighted by Gasteiger charge is 2.42. The van der Waals surface area contributed by atoms with Crippen LogP contribution in [0.2, 0.25) is 18.1 Å². The van der Waals surface area contributed by atoms with Crippen molar-refractivity contribution in [2.24, 2.45) is 0 Å². The summed E-state index contributed by atoms with van der Waals surface area (Å²) in [5.74, 6) is 0.565. The van der Waals surface area contributed by atoms with Crippen molar-refractivity contribution >= 4 is 20.3 Å². The number of ether oxygens (including phenoxy) is 4. The number of rotatable bonds is 10. The molecule has 0 saturated carbocycles. The summed E-state index contributed by atoms with van der Waals surface area (Å²) in [7, 11) is 0.911. The van der Waals surface area contributed by atoms with Crippen molar-refractivity contribution in [3.63, 3.8) is 0 Å². The van der Waals surface area contributed by atoms with Crippen LogP contribution < -0.4 is 9.16 Å². The number of hydrogen-bond donors (Lipinski definition) is 0. The SMILES string of the molecule is CCOC(=O)CC(OC)/C(C)=C/Cc1c(OC)c(C)c2c(c1O[Si](C)(C)C(C)(C)C)C(=O)OC2. The van der Waals surface area contributed by atoms with E-state index in [1.54, 1.807) is 21.1 Å². The van der Waals surface area contributed by atoms with Crippen LogP contribution in [0.1, 0.15) is 68.1 Å². The average Bonchev–Trinajstić information content (AvgIpc) is 3.13. The minimum absolute atomic E-state index is 0.0652. The molecule has 0 saturated heterocycles. The fourth-order valence-electron chi connectivity index (χ4n) is 3.73. The minimum atomic E-state index is -2.29. The van der Waals surface area contributed by atoms with Gasteiger partial charge in [-0.05, 0) is 56.5 Å². The molecule has 7 nitrogen and oxygen atoms in total. The normalized spacial score (nSPS) is 15.0. The maximum atomic E-state index is 12.8. The number of carbonyl (C=O) groups excluding carboxylic acids is 2. The Morgan fingerprint density at radius 1 is 1.21 bits per heavy atom.